The molecule has 0 bridgehead atoms. The summed E-state index contributed by atoms with van der Waals surface area (Å²) in [6.07, 6.45) is 0. The summed E-state index contributed by atoms with van der Waals surface area (Å²) < 4.78 is 12.0. The van der Waals surface area contributed by atoms with Crippen LogP contribution in [-0.2, 0) is 0 Å². The molecule has 0 radical (unpaired) electrons. The predicted octanol–water partition coefficient (Wildman–Crippen LogP) is 4.58. The Labute approximate surface area is 133 Å². The van der Waals surface area contributed by atoms with Crippen LogP contribution in [0, 0.1) is 0 Å². The van der Waals surface area contributed by atoms with Crippen molar-refractivity contribution < 1.29 is 9.47 Å². The Balaban J connectivity index is 1.71. The molecule has 1 aliphatic heterocycles. The first-order valence-electron chi connectivity index (χ1n) is 7.04. The molecule has 112 valence electrons. The van der Waals surface area contributed by atoms with Crippen molar-refractivity contribution in [3.05, 3.63) is 45.1 Å². The molecule has 0 spiro atoms. The molecule has 3 nitrogen and oxygen atoms in total. The summed E-state index contributed by atoms with van der Waals surface area (Å²) in [5.41, 5.74) is 1.19. The maximum atomic E-state index is 6.00. The molecule has 2 unspecified atom stereocenters. The minimum Gasteiger partial charge on any atom is -0.486 e. The van der Waals surface area contributed by atoms with E-state index >= 15 is 0 Å². The maximum Gasteiger partial charge on any atom is 0.161 e. The molecule has 0 fully saturated rings. The van der Waals surface area contributed by atoms with Gasteiger partial charge in [-0.3, -0.25) is 0 Å². The Morgan fingerprint density at radius 1 is 1.05 bits per heavy atom. The van der Waals surface area contributed by atoms with Crippen molar-refractivity contribution in [3.8, 4) is 11.5 Å². The van der Waals surface area contributed by atoms with Gasteiger partial charge in [-0.05, 0) is 43.7 Å². The van der Waals surface area contributed by atoms with E-state index in [0.29, 0.717) is 13.2 Å². The van der Waals surface area contributed by atoms with E-state index in [-0.39, 0.29) is 12.1 Å². The molecule has 0 saturated heterocycles. The van der Waals surface area contributed by atoms with Gasteiger partial charge in [-0.15, -0.1) is 11.3 Å². The highest BCUT2D eigenvalue weighted by Gasteiger charge is 2.16. The molecular weight excluding hydrogens is 306 g/mol. The average Bonchev–Trinajstić information content (AvgIpc) is 2.93. The molecule has 21 heavy (non-hydrogen) atoms. The van der Waals surface area contributed by atoms with Crippen LogP contribution in [0.5, 0.6) is 11.5 Å². The minimum absolute atomic E-state index is 0.219. The number of ether oxygens (including phenoxy) is 2. The summed E-state index contributed by atoms with van der Waals surface area (Å²) in [4.78, 5) is 1.24. The Kier molecular flexibility index (Phi) is 4.38. The van der Waals surface area contributed by atoms with Gasteiger partial charge in [0.05, 0.1) is 4.34 Å². The summed E-state index contributed by atoms with van der Waals surface area (Å²) in [5.74, 6) is 1.66. The quantitative estimate of drug-likeness (QED) is 0.893. The van der Waals surface area contributed by atoms with Crippen molar-refractivity contribution >= 4 is 22.9 Å². The largest absolute Gasteiger partial charge is 0.486 e. The van der Waals surface area contributed by atoms with E-state index in [1.54, 1.807) is 11.3 Å². The normalized spacial score (nSPS) is 16.5. The lowest BCUT2D eigenvalue weighted by Gasteiger charge is -2.23. The topological polar surface area (TPSA) is 30.5 Å². The maximum absolute atomic E-state index is 6.00. The molecule has 3 rings (SSSR count). The fourth-order valence-corrected chi connectivity index (χ4v) is 3.52. The minimum atomic E-state index is 0.219. The standard InChI is InChI=1S/C16H18ClNO2S/c1-10(18-11(2)15-5-6-16(17)21-15)12-3-4-13-14(9-12)20-8-7-19-13/h3-6,9-11,18H,7-8H2,1-2H3. The lowest BCUT2D eigenvalue weighted by atomic mass is 10.1. The van der Waals surface area contributed by atoms with E-state index in [1.807, 2.05) is 12.1 Å². The molecule has 1 N–H and O–H groups in total. The summed E-state index contributed by atoms with van der Waals surface area (Å²) >= 11 is 7.61. The molecule has 0 aliphatic carbocycles. The second-order valence-electron chi connectivity index (χ2n) is 5.16. The van der Waals surface area contributed by atoms with Crippen molar-refractivity contribution in [2.24, 2.45) is 0 Å². The SMILES string of the molecule is CC(NC(C)c1ccc(Cl)s1)c1ccc2c(c1)OCCO2. The second-order valence-corrected chi connectivity index (χ2v) is 6.90. The Bertz CT molecular complexity index is 628. The van der Waals surface area contributed by atoms with E-state index in [1.165, 1.54) is 10.4 Å². The number of rotatable bonds is 4. The average molecular weight is 324 g/mol. The highest BCUT2D eigenvalue weighted by molar-refractivity contribution is 7.16. The highest BCUT2D eigenvalue weighted by Crippen LogP contribution is 2.34. The lowest BCUT2D eigenvalue weighted by Crippen LogP contribution is -2.22. The molecule has 2 aromatic rings. The van der Waals surface area contributed by atoms with Crippen LogP contribution in [0.3, 0.4) is 0 Å². The number of hydrogen-bond donors (Lipinski definition) is 1. The van der Waals surface area contributed by atoms with E-state index in [4.69, 9.17) is 21.1 Å². The number of thiophene rings is 1. The third kappa shape index (κ3) is 3.34. The first-order chi connectivity index (χ1) is 10.1. The van der Waals surface area contributed by atoms with Crippen molar-refractivity contribution in [2.45, 2.75) is 25.9 Å². The fourth-order valence-electron chi connectivity index (χ4n) is 2.44. The van der Waals surface area contributed by atoms with Crippen LogP contribution in [-0.4, -0.2) is 13.2 Å². The van der Waals surface area contributed by atoms with Gasteiger partial charge in [0.1, 0.15) is 13.2 Å². The smallest absolute Gasteiger partial charge is 0.161 e. The molecule has 1 aromatic carbocycles. The molecule has 5 heteroatoms. The summed E-state index contributed by atoms with van der Waals surface area (Å²) in [5, 5.41) is 3.59. The van der Waals surface area contributed by atoms with Gasteiger partial charge >= 0.3 is 0 Å². The molecule has 1 aliphatic rings. The van der Waals surface area contributed by atoms with Gasteiger partial charge in [0, 0.05) is 17.0 Å². The molecule has 0 saturated carbocycles. The van der Waals surface area contributed by atoms with Crippen molar-refractivity contribution in [1.29, 1.82) is 0 Å². The third-order valence-corrected chi connectivity index (χ3v) is 5.00. The number of halogens is 1. The molecule has 2 atom stereocenters. The van der Waals surface area contributed by atoms with Gasteiger partial charge in [-0.1, -0.05) is 17.7 Å². The van der Waals surface area contributed by atoms with Gasteiger partial charge in [-0.2, -0.15) is 0 Å². The van der Waals surface area contributed by atoms with Gasteiger partial charge in [-0.25, -0.2) is 0 Å². The van der Waals surface area contributed by atoms with Crippen molar-refractivity contribution in [2.75, 3.05) is 13.2 Å². The number of nitrogens with one attached hydrogen (secondary N) is 1. The van der Waals surface area contributed by atoms with Crippen LogP contribution in [0.1, 0.15) is 36.4 Å². The van der Waals surface area contributed by atoms with Crippen LogP contribution < -0.4 is 14.8 Å². The number of benzene rings is 1. The lowest BCUT2D eigenvalue weighted by molar-refractivity contribution is 0.171. The zero-order valence-electron chi connectivity index (χ0n) is 12.1. The zero-order valence-corrected chi connectivity index (χ0v) is 13.6. The van der Waals surface area contributed by atoms with E-state index in [2.05, 4.69) is 37.4 Å². The van der Waals surface area contributed by atoms with E-state index < -0.39 is 0 Å². The first-order valence-corrected chi connectivity index (χ1v) is 8.24. The fraction of sp³-hybridized carbons (Fsp3) is 0.375. The van der Waals surface area contributed by atoms with E-state index in [9.17, 15) is 0 Å². The number of fused-ring (bicyclic) bond motifs is 1. The summed E-state index contributed by atoms with van der Waals surface area (Å²) in [7, 11) is 0. The van der Waals surface area contributed by atoms with E-state index in [0.717, 1.165) is 15.8 Å². The monoisotopic (exact) mass is 323 g/mol. The van der Waals surface area contributed by atoms with Crippen LogP contribution in [0.15, 0.2) is 30.3 Å². The Morgan fingerprint density at radius 2 is 1.81 bits per heavy atom. The highest BCUT2D eigenvalue weighted by atomic mass is 35.5. The molecule has 0 amide bonds. The first kappa shape index (κ1) is 14.7. The third-order valence-electron chi connectivity index (χ3n) is 3.59. The van der Waals surface area contributed by atoms with Crippen molar-refractivity contribution in [3.63, 3.8) is 0 Å². The number of hydrogen-bond acceptors (Lipinski definition) is 4. The van der Waals surface area contributed by atoms with Gasteiger partial charge in [0.15, 0.2) is 11.5 Å². The van der Waals surface area contributed by atoms with Crippen LogP contribution in [0.4, 0.5) is 0 Å². The molecule has 2 heterocycles. The van der Waals surface area contributed by atoms with Crippen molar-refractivity contribution in [1.82, 2.24) is 5.32 Å². The molecule has 1 aromatic heterocycles. The molecular formula is C16H18ClNO2S. The Hall–Kier alpha value is -1.23. The predicted molar refractivity (Wildman–Crippen MR) is 86.7 cm³/mol. The van der Waals surface area contributed by atoms with Gasteiger partial charge in [0.25, 0.3) is 0 Å². The van der Waals surface area contributed by atoms with Crippen LogP contribution >= 0.6 is 22.9 Å². The summed E-state index contributed by atoms with van der Waals surface area (Å²) in [6, 6.07) is 10.6. The zero-order chi connectivity index (χ0) is 14.8. The van der Waals surface area contributed by atoms with Gasteiger partial charge < -0.3 is 14.8 Å². The van der Waals surface area contributed by atoms with Crippen LogP contribution in [0.25, 0.3) is 0 Å². The Morgan fingerprint density at radius 3 is 2.52 bits per heavy atom. The summed E-state index contributed by atoms with van der Waals surface area (Å²) in [6.45, 7) is 5.53. The van der Waals surface area contributed by atoms with Crippen LogP contribution in [0.2, 0.25) is 4.34 Å². The van der Waals surface area contributed by atoms with Gasteiger partial charge in [0.2, 0.25) is 0 Å². The second kappa shape index (κ2) is 6.26.